The van der Waals surface area contributed by atoms with Crippen LogP contribution in [0.25, 0.3) is 0 Å². The molecule has 3 rings (SSSR count). The first-order valence-corrected chi connectivity index (χ1v) is 10.8. The van der Waals surface area contributed by atoms with Crippen LogP contribution >= 0.6 is 0 Å². The van der Waals surface area contributed by atoms with Gasteiger partial charge in [0.15, 0.2) is 0 Å². The molecule has 0 saturated heterocycles. The van der Waals surface area contributed by atoms with E-state index in [4.69, 9.17) is 4.74 Å². The molecule has 0 bridgehead atoms. The van der Waals surface area contributed by atoms with Crippen molar-refractivity contribution in [2.45, 2.75) is 38.8 Å². The van der Waals surface area contributed by atoms with E-state index < -0.39 is 0 Å². The maximum absolute atomic E-state index is 5.81. The molecule has 1 N–H and O–H groups in total. The zero-order chi connectivity index (χ0) is 21.3. The maximum atomic E-state index is 5.81. The molecule has 1 unspecified atom stereocenters. The smallest absolute Gasteiger partial charge is 0.119 e. The molecule has 0 aliphatic heterocycles. The summed E-state index contributed by atoms with van der Waals surface area (Å²) in [4.78, 5) is 2.12. The van der Waals surface area contributed by atoms with Gasteiger partial charge >= 0.3 is 0 Å². The lowest BCUT2D eigenvalue weighted by Gasteiger charge is -2.19. The van der Waals surface area contributed by atoms with Crippen LogP contribution in [-0.4, -0.2) is 26.7 Å². The molecule has 1 atom stereocenters. The summed E-state index contributed by atoms with van der Waals surface area (Å²) < 4.78 is 5.81. The first kappa shape index (κ1) is 21.9. The molecular formula is C27H34N2O. The number of hydrogen-bond acceptors (Lipinski definition) is 3. The van der Waals surface area contributed by atoms with Crippen LogP contribution < -0.4 is 15.0 Å². The lowest BCUT2D eigenvalue weighted by Crippen LogP contribution is -2.18. The minimum absolute atomic E-state index is 0.191. The summed E-state index contributed by atoms with van der Waals surface area (Å²) in [7, 11) is 4.14. The molecule has 0 aliphatic rings. The van der Waals surface area contributed by atoms with Gasteiger partial charge in [-0.3, -0.25) is 0 Å². The Balaban J connectivity index is 1.62. The molecular weight excluding hydrogens is 368 g/mol. The summed E-state index contributed by atoms with van der Waals surface area (Å²) in [5, 5.41) is 3.62. The molecule has 0 aliphatic carbocycles. The summed E-state index contributed by atoms with van der Waals surface area (Å²) in [6.07, 6.45) is 1.24. The van der Waals surface area contributed by atoms with E-state index in [1.807, 2.05) is 0 Å². The van der Waals surface area contributed by atoms with E-state index in [0.29, 0.717) is 5.92 Å². The van der Waals surface area contributed by atoms with E-state index in [1.165, 1.54) is 22.4 Å². The summed E-state index contributed by atoms with van der Waals surface area (Å²) in [6, 6.07) is 28.1. The molecule has 0 radical (unpaired) electrons. The minimum Gasteiger partial charge on any atom is -0.491 e. The second-order valence-electron chi connectivity index (χ2n) is 8.23. The number of benzene rings is 3. The Kier molecular flexibility index (Phi) is 7.92. The fourth-order valence-corrected chi connectivity index (χ4v) is 3.65. The molecule has 0 heterocycles. The highest BCUT2D eigenvalue weighted by Gasteiger charge is 2.14. The molecule has 158 valence electrons. The normalized spacial score (nSPS) is 12.0. The topological polar surface area (TPSA) is 24.5 Å². The van der Waals surface area contributed by atoms with Crippen LogP contribution in [0, 0.1) is 0 Å². The molecule has 0 fully saturated rings. The highest BCUT2D eigenvalue weighted by molar-refractivity contribution is 5.46. The molecule has 0 saturated carbocycles. The molecule has 0 aromatic heterocycles. The summed E-state index contributed by atoms with van der Waals surface area (Å²) >= 11 is 0. The fourth-order valence-electron chi connectivity index (χ4n) is 3.65. The van der Waals surface area contributed by atoms with Gasteiger partial charge in [0.2, 0.25) is 0 Å². The quantitative estimate of drug-likeness (QED) is 0.430. The zero-order valence-corrected chi connectivity index (χ0v) is 18.6. The van der Waals surface area contributed by atoms with Gasteiger partial charge in [0.25, 0.3) is 0 Å². The van der Waals surface area contributed by atoms with Crippen molar-refractivity contribution in [3.05, 3.63) is 95.6 Å². The van der Waals surface area contributed by atoms with E-state index in [2.05, 4.69) is 117 Å². The van der Waals surface area contributed by atoms with Crippen LogP contribution in [0.3, 0.4) is 0 Å². The van der Waals surface area contributed by atoms with Gasteiger partial charge < -0.3 is 15.0 Å². The standard InChI is InChI=1S/C27H34N2O/c1-21(2)30-26-16-12-24(13-17-26)27(23-8-6-5-7-9-23)18-19-28-20-22-10-14-25(15-11-22)29(3)4/h5-17,21,27-28H,18-20H2,1-4H3. The van der Waals surface area contributed by atoms with Gasteiger partial charge in [0.1, 0.15) is 5.75 Å². The summed E-state index contributed by atoms with van der Waals surface area (Å²) in [5.41, 5.74) is 5.22. The van der Waals surface area contributed by atoms with Gasteiger partial charge in [-0.15, -0.1) is 0 Å². The lowest BCUT2D eigenvalue weighted by molar-refractivity contribution is 0.242. The van der Waals surface area contributed by atoms with Crippen molar-refractivity contribution in [2.24, 2.45) is 0 Å². The second-order valence-corrected chi connectivity index (χ2v) is 8.23. The molecule has 0 amide bonds. The summed E-state index contributed by atoms with van der Waals surface area (Å²) in [5.74, 6) is 1.29. The third kappa shape index (κ3) is 6.36. The Labute approximate surface area is 181 Å². The van der Waals surface area contributed by atoms with E-state index in [1.54, 1.807) is 0 Å². The van der Waals surface area contributed by atoms with Gasteiger partial charge in [-0.05, 0) is 67.8 Å². The fraction of sp³-hybridized carbons (Fsp3) is 0.333. The Morgan fingerprint density at radius 3 is 2.03 bits per heavy atom. The van der Waals surface area contributed by atoms with Crippen LogP contribution in [0.15, 0.2) is 78.9 Å². The number of nitrogens with zero attached hydrogens (tertiary/aromatic N) is 1. The van der Waals surface area contributed by atoms with Crippen LogP contribution in [0.2, 0.25) is 0 Å². The number of anilines is 1. The first-order valence-electron chi connectivity index (χ1n) is 10.8. The minimum atomic E-state index is 0.191. The SMILES string of the molecule is CC(C)Oc1ccc(C(CCNCc2ccc(N(C)C)cc2)c2ccccc2)cc1. The number of ether oxygens (including phenoxy) is 1. The average molecular weight is 403 g/mol. The van der Waals surface area contributed by atoms with Crippen molar-refractivity contribution in [2.75, 3.05) is 25.5 Å². The predicted octanol–water partition coefficient (Wildman–Crippen LogP) is 5.85. The van der Waals surface area contributed by atoms with E-state index >= 15 is 0 Å². The van der Waals surface area contributed by atoms with Crippen LogP contribution in [-0.2, 0) is 6.54 Å². The van der Waals surface area contributed by atoms with Crippen molar-refractivity contribution < 1.29 is 4.74 Å². The van der Waals surface area contributed by atoms with Crippen molar-refractivity contribution in [3.8, 4) is 5.75 Å². The molecule has 3 aromatic rings. The predicted molar refractivity (Wildman–Crippen MR) is 128 cm³/mol. The Morgan fingerprint density at radius 2 is 1.43 bits per heavy atom. The molecule has 30 heavy (non-hydrogen) atoms. The highest BCUT2D eigenvalue weighted by atomic mass is 16.5. The first-order chi connectivity index (χ1) is 14.5. The van der Waals surface area contributed by atoms with Crippen molar-refractivity contribution in [1.29, 1.82) is 0 Å². The van der Waals surface area contributed by atoms with Gasteiger partial charge in [0, 0.05) is 32.2 Å². The van der Waals surface area contributed by atoms with Crippen molar-refractivity contribution >= 4 is 5.69 Å². The lowest BCUT2D eigenvalue weighted by atomic mass is 9.88. The Bertz CT molecular complexity index is 871. The Morgan fingerprint density at radius 1 is 0.800 bits per heavy atom. The van der Waals surface area contributed by atoms with Gasteiger partial charge in [-0.2, -0.15) is 0 Å². The van der Waals surface area contributed by atoms with E-state index in [-0.39, 0.29) is 6.10 Å². The van der Waals surface area contributed by atoms with Crippen LogP contribution in [0.5, 0.6) is 5.75 Å². The monoisotopic (exact) mass is 402 g/mol. The van der Waals surface area contributed by atoms with Gasteiger partial charge in [-0.25, -0.2) is 0 Å². The van der Waals surface area contributed by atoms with Crippen LogP contribution in [0.4, 0.5) is 5.69 Å². The highest BCUT2D eigenvalue weighted by Crippen LogP contribution is 2.29. The largest absolute Gasteiger partial charge is 0.491 e. The third-order valence-corrected chi connectivity index (χ3v) is 5.25. The zero-order valence-electron chi connectivity index (χ0n) is 18.6. The van der Waals surface area contributed by atoms with Gasteiger partial charge in [-0.1, -0.05) is 54.6 Å². The molecule has 3 heteroatoms. The van der Waals surface area contributed by atoms with Crippen LogP contribution in [0.1, 0.15) is 42.9 Å². The van der Waals surface area contributed by atoms with Gasteiger partial charge in [0.05, 0.1) is 6.10 Å². The average Bonchev–Trinajstić information content (AvgIpc) is 2.75. The Hall–Kier alpha value is -2.78. The molecule has 0 spiro atoms. The number of hydrogen-bond donors (Lipinski definition) is 1. The maximum Gasteiger partial charge on any atom is 0.119 e. The molecule has 3 nitrogen and oxygen atoms in total. The number of nitrogens with one attached hydrogen (secondary N) is 1. The molecule has 3 aromatic carbocycles. The second kappa shape index (κ2) is 10.8. The van der Waals surface area contributed by atoms with E-state index in [0.717, 1.165) is 25.3 Å². The van der Waals surface area contributed by atoms with E-state index in [9.17, 15) is 0 Å². The van der Waals surface area contributed by atoms with Crippen molar-refractivity contribution in [3.63, 3.8) is 0 Å². The third-order valence-electron chi connectivity index (χ3n) is 5.25. The van der Waals surface area contributed by atoms with Crippen molar-refractivity contribution in [1.82, 2.24) is 5.32 Å². The number of rotatable bonds is 10. The summed E-state index contributed by atoms with van der Waals surface area (Å²) in [6.45, 7) is 5.95.